The summed E-state index contributed by atoms with van der Waals surface area (Å²) in [6, 6.07) is 0. The van der Waals surface area contributed by atoms with E-state index in [9.17, 15) is 24.6 Å². The minimum Gasteiger partial charge on any atom is -0.434 e. The van der Waals surface area contributed by atoms with Crippen LogP contribution < -0.4 is 5.73 Å². The molecule has 7 atom stereocenters. The third-order valence-corrected chi connectivity index (χ3v) is 9.50. The van der Waals surface area contributed by atoms with Crippen molar-refractivity contribution in [1.29, 1.82) is 0 Å². The Hall–Kier alpha value is -2.03. The van der Waals surface area contributed by atoms with Gasteiger partial charge in [0.15, 0.2) is 12.4 Å². The summed E-state index contributed by atoms with van der Waals surface area (Å²) in [7, 11) is 0. The number of hydrogen-bond acceptors (Lipinski definition) is 8. The second-order valence-electron chi connectivity index (χ2n) is 11.3. The van der Waals surface area contributed by atoms with E-state index in [1.54, 1.807) is 12.2 Å². The molecule has 3 fully saturated rings. The Morgan fingerprint density at radius 3 is 2.69 bits per heavy atom. The number of ether oxygens (including phenoxy) is 2. The fourth-order valence-corrected chi connectivity index (χ4v) is 7.65. The van der Waals surface area contributed by atoms with Gasteiger partial charge in [0.25, 0.3) is 0 Å². The molecule has 8 heteroatoms. The number of Topliss-reactive ketones (excluding diaryl/α,β-unsaturated/α-hetero) is 1. The SMILES string of the molecule is C[C@]12C=CC(=O)C=C1CC[C@@H]1[C@@H]2[C@@H](O)C[C@@]2(C)[C@H]1CC[C@]2(O)C(=O)COC(=O)OCCCCCN. The van der Waals surface area contributed by atoms with Gasteiger partial charge in [0.2, 0.25) is 5.78 Å². The zero-order chi connectivity index (χ0) is 25.4. The Balaban J connectivity index is 1.44. The third kappa shape index (κ3) is 4.38. The highest BCUT2D eigenvalue weighted by atomic mass is 16.7. The van der Waals surface area contributed by atoms with Gasteiger partial charge in [0.1, 0.15) is 5.60 Å². The first-order valence-electron chi connectivity index (χ1n) is 12.9. The van der Waals surface area contributed by atoms with Gasteiger partial charge in [0, 0.05) is 16.7 Å². The van der Waals surface area contributed by atoms with E-state index in [0.717, 1.165) is 31.3 Å². The summed E-state index contributed by atoms with van der Waals surface area (Å²) in [5.74, 6) is -0.471. The van der Waals surface area contributed by atoms with Gasteiger partial charge in [-0.1, -0.05) is 25.5 Å². The molecule has 4 N–H and O–H groups in total. The summed E-state index contributed by atoms with van der Waals surface area (Å²) in [6.07, 6.45) is 8.73. The van der Waals surface area contributed by atoms with E-state index in [0.29, 0.717) is 19.4 Å². The van der Waals surface area contributed by atoms with Gasteiger partial charge in [-0.3, -0.25) is 9.59 Å². The van der Waals surface area contributed by atoms with Crippen LogP contribution in [-0.2, 0) is 19.1 Å². The van der Waals surface area contributed by atoms with Crippen molar-refractivity contribution < 1.29 is 34.1 Å². The summed E-state index contributed by atoms with van der Waals surface area (Å²) in [4.78, 5) is 37.1. The van der Waals surface area contributed by atoms with Crippen LogP contribution in [0.2, 0.25) is 0 Å². The first-order valence-corrected chi connectivity index (χ1v) is 12.9. The molecule has 8 nitrogen and oxygen atoms in total. The van der Waals surface area contributed by atoms with E-state index < -0.39 is 41.1 Å². The Morgan fingerprint density at radius 2 is 1.94 bits per heavy atom. The maximum Gasteiger partial charge on any atom is 0.508 e. The van der Waals surface area contributed by atoms with Crippen molar-refractivity contribution in [1.82, 2.24) is 0 Å². The largest absolute Gasteiger partial charge is 0.508 e. The summed E-state index contributed by atoms with van der Waals surface area (Å²) in [6.45, 7) is 4.21. The molecule has 35 heavy (non-hydrogen) atoms. The van der Waals surface area contributed by atoms with E-state index in [1.807, 2.05) is 13.0 Å². The molecule has 0 unspecified atom stereocenters. The maximum absolute atomic E-state index is 13.2. The molecule has 4 aliphatic carbocycles. The van der Waals surface area contributed by atoms with Crippen LogP contribution in [0.3, 0.4) is 0 Å². The number of carbonyl (C=O) groups is 3. The summed E-state index contributed by atoms with van der Waals surface area (Å²) >= 11 is 0. The minimum absolute atomic E-state index is 0.0130. The van der Waals surface area contributed by atoms with Crippen LogP contribution in [0.4, 0.5) is 4.79 Å². The Morgan fingerprint density at radius 1 is 1.17 bits per heavy atom. The van der Waals surface area contributed by atoms with Crippen LogP contribution in [0.15, 0.2) is 23.8 Å². The second kappa shape index (κ2) is 9.79. The van der Waals surface area contributed by atoms with Crippen molar-refractivity contribution >= 4 is 17.7 Å². The van der Waals surface area contributed by atoms with Crippen LogP contribution in [0.1, 0.15) is 65.2 Å². The predicted molar refractivity (Wildman–Crippen MR) is 128 cm³/mol. The third-order valence-electron chi connectivity index (χ3n) is 9.50. The molecule has 0 spiro atoms. The van der Waals surface area contributed by atoms with Crippen LogP contribution in [-0.4, -0.2) is 59.4 Å². The number of rotatable bonds is 8. The summed E-state index contributed by atoms with van der Waals surface area (Å²) in [5.41, 5.74) is 3.59. The first-order chi connectivity index (χ1) is 16.6. The fraction of sp³-hybridized carbons (Fsp3) is 0.741. The van der Waals surface area contributed by atoms with Crippen LogP contribution in [0.5, 0.6) is 0 Å². The van der Waals surface area contributed by atoms with Crippen LogP contribution in [0.25, 0.3) is 0 Å². The van der Waals surface area contributed by atoms with E-state index in [2.05, 4.69) is 6.92 Å². The monoisotopic (exact) mass is 489 g/mol. The molecule has 0 aromatic carbocycles. The lowest BCUT2D eigenvalue weighted by Crippen LogP contribution is -2.61. The predicted octanol–water partition coefficient (Wildman–Crippen LogP) is 2.85. The Bertz CT molecular complexity index is 928. The first kappa shape index (κ1) is 26.0. The van der Waals surface area contributed by atoms with Gasteiger partial charge in [-0.15, -0.1) is 0 Å². The van der Waals surface area contributed by atoms with Crippen molar-refractivity contribution in [2.24, 2.45) is 34.3 Å². The van der Waals surface area contributed by atoms with Crippen molar-refractivity contribution in [2.75, 3.05) is 19.8 Å². The molecule has 0 bridgehead atoms. The number of aliphatic hydroxyl groups excluding tert-OH is 1. The number of nitrogens with two attached hydrogens (primary N) is 1. The number of unbranched alkanes of at least 4 members (excludes halogenated alkanes) is 2. The van der Waals surface area contributed by atoms with Gasteiger partial charge in [-0.2, -0.15) is 0 Å². The molecule has 4 aliphatic rings. The minimum atomic E-state index is -1.68. The number of carbonyl (C=O) groups excluding carboxylic acids is 3. The molecule has 4 rings (SSSR count). The Kier molecular flexibility index (Phi) is 7.28. The van der Waals surface area contributed by atoms with E-state index >= 15 is 0 Å². The van der Waals surface area contributed by atoms with Gasteiger partial charge in [0.05, 0.1) is 12.7 Å². The topological polar surface area (TPSA) is 136 Å². The van der Waals surface area contributed by atoms with Gasteiger partial charge in [-0.25, -0.2) is 4.79 Å². The molecular weight excluding hydrogens is 450 g/mol. The summed E-state index contributed by atoms with van der Waals surface area (Å²) < 4.78 is 10.0. The molecule has 0 aliphatic heterocycles. The lowest BCUT2D eigenvalue weighted by Gasteiger charge is -2.59. The normalized spacial score (nSPS) is 39.8. The van der Waals surface area contributed by atoms with Crippen LogP contribution >= 0.6 is 0 Å². The highest BCUT2D eigenvalue weighted by molar-refractivity contribution is 6.01. The molecule has 0 saturated heterocycles. The Labute approximate surface area is 206 Å². The number of ketones is 2. The second-order valence-corrected chi connectivity index (χ2v) is 11.3. The quantitative estimate of drug-likeness (QED) is 0.350. The summed E-state index contributed by atoms with van der Waals surface area (Å²) in [5, 5.41) is 23.1. The van der Waals surface area contributed by atoms with Gasteiger partial charge < -0.3 is 25.4 Å². The molecule has 0 heterocycles. The van der Waals surface area contributed by atoms with E-state index in [4.69, 9.17) is 15.2 Å². The number of allylic oxidation sites excluding steroid dienone is 4. The molecule has 0 amide bonds. The molecule has 3 saturated carbocycles. The highest BCUT2D eigenvalue weighted by Crippen LogP contribution is 2.67. The molecule has 0 radical (unpaired) electrons. The lowest BCUT2D eigenvalue weighted by molar-refractivity contribution is -0.179. The number of aliphatic hydroxyl groups is 2. The van der Waals surface area contributed by atoms with Crippen molar-refractivity contribution in [3.05, 3.63) is 23.8 Å². The molecule has 194 valence electrons. The zero-order valence-electron chi connectivity index (χ0n) is 20.8. The zero-order valence-corrected chi connectivity index (χ0v) is 20.8. The molecule has 0 aromatic heterocycles. The van der Waals surface area contributed by atoms with Crippen molar-refractivity contribution in [3.8, 4) is 0 Å². The smallest absolute Gasteiger partial charge is 0.434 e. The fourth-order valence-electron chi connectivity index (χ4n) is 7.65. The standard InChI is InChI=1S/C27H39NO7/c1-25-10-8-18(29)14-17(25)6-7-19-20-9-11-27(33,26(20,2)15-21(30)23(19)25)22(31)16-35-24(32)34-13-5-3-4-12-28/h8,10,14,19-21,23,30,33H,3-7,9,11-13,15-16,28H2,1-2H3/t19-,20-,21-,23+,25-,26-,27-/m0/s1. The average Bonchev–Trinajstić information content (AvgIpc) is 3.08. The van der Waals surface area contributed by atoms with E-state index in [-0.39, 0.29) is 43.0 Å². The number of hydrogen-bond donors (Lipinski definition) is 3. The van der Waals surface area contributed by atoms with Crippen molar-refractivity contribution in [3.63, 3.8) is 0 Å². The van der Waals surface area contributed by atoms with Crippen LogP contribution in [0, 0.1) is 28.6 Å². The average molecular weight is 490 g/mol. The lowest BCUT2D eigenvalue weighted by atomic mass is 9.46. The number of fused-ring (bicyclic) bond motifs is 5. The molecular formula is C27H39NO7. The highest BCUT2D eigenvalue weighted by Gasteiger charge is 2.68. The van der Waals surface area contributed by atoms with E-state index in [1.165, 1.54) is 0 Å². The van der Waals surface area contributed by atoms with Gasteiger partial charge in [-0.05, 0) is 81.9 Å². The van der Waals surface area contributed by atoms with Crippen molar-refractivity contribution in [2.45, 2.75) is 76.9 Å². The molecule has 0 aromatic rings. The maximum atomic E-state index is 13.2. The van der Waals surface area contributed by atoms with Gasteiger partial charge >= 0.3 is 6.16 Å².